The molecule has 0 aromatic carbocycles. The van der Waals surface area contributed by atoms with Crippen LogP contribution in [0.25, 0.3) is 0 Å². The molecule has 3 nitrogen and oxygen atoms in total. The van der Waals surface area contributed by atoms with Crippen LogP contribution in [0.2, 0.25) is 0 Å². The first-order valence-corrected chi connectivity index (χ1v) is 15.5. The molecule has 26 heavy (non-hydrogen) atoms. The van der Waals surface area contributed by atoms with E-state index in [4.69, 9.17) is 17.2 Å². The van der Waals surface area contributed by atoms with Crippen molar-refractivity contribution in [3.05, 3.63) is 25.4 Å². The molecular formula is C15H25N3S8. The summed E-state index contributed by atoms with van der Waals surface area (Å²) in [6, 6.07) is 0. The van der Waals surface area contributed by atoms with Gasteiger partial charge in [0.2, 0.25) is 0 Å². The molecule has 0 spiro atoms. The van der Waals surface area contributed by atoms with E-state index < -0.39 is 0 Å². The van der Waals surface area contributed by atoms with Gasteiger partial charge >= 0.3 is 0 Å². The lowest BCUT2D eigenvalue weighted by Crippen LogP contribution is -2.01. The van der Waals surface area contributed by atoms with Crippen molar-refractivity contribution in [2.45, 2.75) is 13.3 Å². The SMILES string of the molecule is CCCSC1=C(SCCN)SC(=C2SC(SCCN)=C(SCCN)S2)S1. The number of nitrogens with two attached hydrogens (primary N) is 3. The first kappa shape index (κ1) is 24.2. The zero-order valence-electron chi connectivity index (χ0n) is 14.7. The monoisotopic (exact) mass is 503 g/mol. The molecule has 0 amide bonds. The molecule has 0 fully saturated rings. The Labute approximate surface area is 191 Å². The van der Waals surface area contributed by atoms with Gasteiger partial charge in [-0.2, -0.15) is 0 Å². The summed E-state index contributed by atoms with van der Waals surface area (Å²) in [5, 5.41) is 0. The molecule has 0 saturated heterocycles. The van der Waals surface area contributed by atoms with Crippen LogP contribution in [-0.2, 0) is 0 Å². The Morgan fingerprint density at radius 1 is 0.577 bits per heavy atom. The van der Waals surface area contributed by atoms with Crippen molar-refractivity contribution in [2.24, 2.45) is 17.2 Å². The van der Waals surface area contributed by atoms with Gasteiger partial charge in [-0.1, -0.05) is 54.0 Å². The van der Waals surface area contributed by atoms with E-state index in [0.29, 0.717) is 13.1 Å². The van der Waals surface area contributed by atoms with Gasteiger partial charge in [0.15, 0.2) is 0 Å². The minimum absolute atomic E-state index is 0.711. The normalized spacial score (nSPS) is 18.0. The molecule has 0 saturated carbocycles. The van der Waals surface area contributed by atoms with Crippen molar-refractivity contribution in [3.63, 3.8) is 0 Å². The number of thioether (sulfide) groups is 8. The maximum atomic E-state index is 5.72. The lowest BCUT2D eigenvalue weighted by molar-refractivity contribution is 1.11. The molecule has 0 atom stereocenters. The molecule has 0 aliphatic carbocycles. The van der Waals surface area contributed by atoms with Crippen molar-refractivity contribution in [1.82, 2.24) is 0 Å². The Hall–Kier alpha value is 1.90. The molecule has 6 N–H and O–H groups in total. The molecule has 0 bridgehead atoms. The summed E-state index contributed by atoms with van der Waals surface area (Å²) >= 11 is 15.3. The van der Waals surface area contributed by atoms with Crippen LogP contribution in [0.15, 0.2) is 25.4 Å². The predicted octanol–water partition coefficient (Wildman–Crippen LogP) is 5.55. The Kier molecular flexibility index (Phi) is 13.0. The highest BCUT2D eigenvalue weighted by atomic mass is 32.3. The van der Waals surface area contributed by atoms with E-state index >= 15 is 0 Å². The third kappa shape index (κ3) is 7.62. The van der Waals surface area contributed by atoms with Crippen molar-refractivity contribution in [2.75, 3.05) is 42.6 Å². The average molecular weight is 504 g/mol. The maximum absolute atomic E-state index is 5.72. The van der Waals surface area contributed by atoms with Crippen LogP contribution in [-0.4, -0.2) is 42.6 Å². The highest BCUT2D eigenvalue weighted by Crippen LogP contribution is 2.66. The Bertz CT molecular complexity index is 469. The van der Waals surface area contributed by atoms with E-state index in [1.165, 1.54) is 37.6 Å². The second kappa shape index (κ2) is 14.0. The third-order valence-corrected chi connectivity index (χ3v) is 14.6. The standard InChI is InChI=1S/C15H25N3S8/c1-2-6-19-10-11(20-7-3-16)24-14(23-10)15-25-12(21-8-4-17)13(26-15)22-9-5-18/h2-9,16-18H2,1H3. The summed E-state index contributed by atoms with van der Waals surface area (Å²) in [5.74, 6) is 4.08. The fourth-order valence-electron chi connectivity index (χ4n) is 1.71. The molecule has 0 aromatic rings. The largest absolute Gasteiger partial charge is 0.330 e. The molecule has 2 aliphatic heterocycles. The van der Waals surface area contributed by atoms with Crippen molar-refractivity contribution < 1.29 is 0 Å². The van der Waals surface area contributed by atoms with E-state index in [0.717, 1.165) is 23.8 Å². The highest BCUT2D eigenvalue weighted by molar-refractivity contribution is 8.45. The van der Waals surface area contributed by atoms with Crippen LogP contribution in [0.3, 0.4) is 0 Å². The molecule has 148 valence electrons. The van der Waals surface area contributed by atoms with Gasteiger partial charge in [-0.05, 0) is 12.2 Å². The van der Waals surface area contributed by atoms with E-state index in [1.54, 1.807) is 0 Å². The third-order valence-electron chi connectivity index (χ3n) is 2.73. The lowest BCUT2D eigenvalue weighted by atomic mass is 10.6. The maximum Gasteiger partial charge on any atom is 0.0717 e. The summed E-state index contributed by atoms with van der Waals surface area (Å²) in [5.41, 5.74) is 17.1. The van der Waals surface area contributed by atoms with Crippen LogP contribution in [0.5, 0.6) is 0 Å². The van der Waals surface area contributed by atoms with Crippen LogP contribution >= 0.6 is 94.1 Å². The van der Waals surface area contributed by atoms with Crippen LogP contribution < -0.4 is 17.2 Å². The fraction of sp³-hybridized carbons (Fsp3) is 0.600. The van der Waals surface area contributed by atoms with E-state index in [1.807, 2.05) is 94.1 Å². The predicted molar refractivity (Wildman–Crippen MR) is 139 cm³/mol. The van der Waals surface area contributed by atoms with E-state index in [9.17, 15) is 0 Å². The lowest BCUT2D eigenvalue weighted by Gasteiger charge is -2.02. The van der Waals surface area contributed by atoms with Gasteiger partial charge in [0.25, 0.3) is 0 Å². The second-order valence-electron chi connectivity index (χ2n) is 4.89. The Morgan fingerprint density at radius 3 is 1.15 bits per heavy atom. The molecule has 0 aromatic heterocycles. The molecule has 2 aliphatic rings. The van der Waals surface area contributed by atoms with E-state index in [2.05, 4.69) is 6.92 Å². The average Bonchev–Trinajstić information content (AvgIpc) is 3.25. The Balaban J connectivity index is 2.08. The summed E-state index contributed by atoms with van der Waals surface area (Å²) in [6.07, 6.45) is 1.20. The van der Waals surface area contributed by atoms with E-state index in [-0.39, 0.29) is 0 Å². The second-order valence-corrected chi connectivity index (χ2v) is 14.9. The first-order valence-electron chi connectivity index (χ1n) is 8.29. The van der Waals surface area contributed by atoms with Gasteiger partial charge in [0.05, 0.1) is 25.4 Å². The molecule has 11 heteroatoms. The Morgan fingerprint density at radius 2 is 0.885 bits per heavy atom. The highest BCUT2D eigenvalue weighted by Gasteiger charge is 2.30. The van der Waals surface area contributed by atoms with Gasteiger partial charge in [0.1, 0.15) is 0 Å². The molecule has 2 heterocycles. The van der Waals surface area contributed by atoms with Gasteiger partial charge in [-0.15, -0.1) is 47.0 Å². The van der Waals surface area contributed by atoms with Gasteiger partial charge in [-0.3, -0.25) is 0 Å². The molecule has 0 unspecified atom stereocenters. The number of rotatable bonds is 12. The summed E-state index contributed by atoms with van der Waals surface area (Å²) < 4.78 is 8.52. The van der Waals surface area contributed by atoms with Crippen LogP contribution in [0.4, 0.5) is 0 Å². The smallest absolute Gasteiger partial charge is 0.0717 e. The number of hydrogen-bond acceptors (Lipinski definition) is 11. The quantitative estimate of drug-likeness (QED) is 0.314. The zero-order valence-corrected chi connectivity index (χ0v) is 21.2. The van der Waals surface area contributed by atoms with Gasteiger partial charge in [-0.25, -0.2) is 0 Å². The summed E-state index contributed by atoms with van der Waals surface area (Å²) in [7, 11) is 0. The van der Waals surface area contributed by atoms with Crippen molar-refractivity contribution in [1.29, 1.82) is 0 Å². The minimum Gasteiger partial charge on any atom is -0.330 e. The molecule has 0 radical (unpaired) electrons. The van der Waals surface area contributed by atoms with Crippen LogP contribution in [0.1, 0.15) is 13.3 Å². The fourth-order valence-corrected chi connectivity index (χ4v) is 13.1. The summed E-state index contributed by atoms with van der Waals surface area (Å²) in [4.78, 5) is 0. The molecular weight excluding hydrogens is 479 g/mol. The van der Waals surface area contributed by atoms with Crippen LogP contribution in [0, 0.1) is 0 Å². The zero-order chi connectivity index (χ0) is 18.8. The minimum atomic E-state index is 0.711. The summed E-state index contributed by atoms with van der Waals surface area (Å²) in [6.45, 7) is 4.38. The van der Waals surface area contributed by atoms with Gasteiger partial charge in [0, 0.05) is 36.9 Å². The van der Waals surface area contributed by atoms with Crippen molar-refractivity contribution in [3.8, 4) is 0 Å². The number of hydrogen-bond donors (Lipinski definition) is 3. The van der Waals surface area contributed by atoms with Gasteiger partial charge < -0.3 is 17.2 Å². The topological polar surface area (TPSA) is 78.1 Å². The first-order chi connectivity index (χ1) is 12.7. The van der Waals surface area contributed by atoms with Crippen molar-refractivity contribution >= 4 is 94.1 Å². The molecule has 2 rings (SSSR count).